The van der Waals surface area contributed by atoms with Crippen molar-refractivity contribution in [1.82, 2.24) is 10.3 Å². The van der Waals surface area contributed by atoms with E-state index < -0.39 is 6.04 Å². The first-order valence-electron chi connectivity index (χ1n) is 10.8. The van der Waals surface area contributed by atoms with Crippen LogP contribution in [0.3, 0.4) is 0 Å². The molecule has 0 aliphatic rings. The molecule has 0 saturated carbocycles. The largest absolute Gasteiger partial charge is 0.493 e. The Labute approximate surface area is 189 Å². The minimum Gasteiger partial charge on any atom is -0.493 e. The zero-order valence-electron chi connectivity index (χ0n) is 19.4. The number of methoxy groups -OCH3 is 2. The van der Waals surface area contributed by atoms with Gasteiger partial charge in [-0.2, -0.15) is 0 Å². The number of anilines is 2. The van der Waals surface area contributed by atoms with Crippen molar-refractivity contribution in [3.05, 3.63) is 53.7 Å². The quantitative estimate of drug-likeness (QED) is 0.466. The van der Waals surface area contributed by atoms with E-state index in [1.54, 1.807) is 20.4 Å². The summed E-state index contributed by atoms with van der Waals surface area (Å²) < 4.78 is 10.9. The summed E-state index contributed by atoms with van der Waals surface area (Å²) in [6.45, 7) is 6.41. The fourth-order valence-corrected chi connectivity index (χ4v) is 3.66. The number of rotatable bonds is 9. The maximum absolute atomic E-state index is 12.3. The summed E-state index contributed by atoms with van der Waals surface area (Å²) in [6.07, 6.45) is 2.57. The molecule has 0 saturated heterocycles. The number of pyridine rings is 1. The summed E-state index contributed by atoms with van der Waals surface area (Å²) in [5.74, 6) is 1.23. The van der Waals surface area contributed by atoms with Crippen molar-refractivity contribution < 1.29 is 14.3 Å². The molecule has 170 valence electrons. The number of fused-ring (bicyclic) bond motifs is 1. The second-order valence-electron chi connectivity index (χ2n) is 7.99. The van der Waals surface area contributed by atoms with E-state index in [4.69, 9.17) is 15.2 Å². The maximum Gasteiger partial charge on any atom is 0.237 e. The molecule has 0 unspecified atom stereocenters. The third kappa shape index (κ3) is 4.94. The summed E-state index contributed by atoms with van der Waals surface area (Å²) in [7, 11) is 3.23. The van der Waals surface area contributed by atoms with Crippen LogP contribution in [0.2, 0.25) is 0 Å². The number of aromatic nitrogens is 1. The van der Waals surface area contributed by atoms with Crippen molar-refractivity contribution in [3.8, 4) is 11.5 Å². The number of carbonyl (C=O) groups excluding carboxylic acids is 1. The summed E-state index contributed by atoms with van der Waals surface area (Å²) in [6, 6.07) is 11.3. The molecule has 2 aromatic carbocycles. The molecule has 7 heteroatoms. The van der Waals surface area contributed by atoms with Crippen LogP contribution in [-0.2, 0) is 17.8 Å². The zero-order valence-corrected chi connectivity index (χ0v) is 19.4. The first kappa shape index (κ1) is 23.3. The molecule has 3 aromatic rings. The van der Waals surface area contributed by atoms with Gasteiger partial charge in [0.15, 0.2) is 11.5 Å². The van der Waals surface area contributed by atoms with Gasteiger partial charge < -0.3 is 25.8 Å². The first-order valence-corrected chi connectivity index (χ1v) is 10.8. The summed E-state index contributed by atoms with van der Waals surface area (Å²) in [5.41, 5.74) is 10.9. The van der Waals surface area contributed by atoms with Crippen LogP contribution in [0.5, 0.6) is 11.5 Å². The van der Waals surface area contributed by atoms with E-state index >= 15 is 0 Å². The molecular formula is C25H32N4O3. The molecule has 0 aliphatic heterocycles. The number of nitrogens with two attached hydrogens (primary N) is 1. The Balaban J connectivity index is 1.92. The molecule has 0 spiro atoms. The van der Waals surface area contributed by atoms with E-state index in [2.05, 4.69) is 22.5 Å². The number of hydrogen-bond donors (Lipinski definition) is 3. The Morgan fingerprint density at radius 1 is 1.09 bits per heavy atom. The van der Waals surface area contributed by atoms with Crippen LogP contribution in [-0.4, -0.2) is 31.2 Å². The van der Waals surface area contributed by atoms with Gasteiger partial charge in [-0.05, 0) is 41.7 Å². The molecule has 1 atom stereocenters. The summed E-state index contributed by atoms with van der Waals surface area (Å²) in [4.78, 5) is 16.8. The predicted octanol–water partition coefficient (Wildman–Crippen LogP) is 4.16. The van der Waals surface area contributed by atoms with Crippen molar-refractivity contribution in [1.29, 1.82) is 0 Å². The van der Waals surface area contributed by atoms with Gasteiger partial charge in [0.1, 0.15) is 0 Å². The van der Waals surface area contributed by atoms with E-state index in [9.17, 15) is 4.79 Å². The molecule has 1 aromatic heterocycles. The standard InChI is InChI=1S/C25H32N4O3/c1-6-17-16(14-28-25(30)24(26)15(2)3)8-7-9-19(17)29-20-10-11-27-21-13-23(32-5)22(31-4)12-18(20)21/h7-13,15,24H,6,14,26H2,1-5H3,(H,27,29)(H,28,30)/t24-/m0/s1. The molecule has 7 nitrogen and oxygen atoms in total. The van der Waals surface area contributed by atoms with Crippen molar-refractivity contribution in [2.45, 2.75) is 39.8 Å². The number of nitrogens with one attached hydrogen (secondary N) is 2. The lowest BCUT2D eigenvalue weighted by Gasteiger charge is -2.19. The molecule has 32 heavy (non-hydrogen) atoms. The first-order chi connectivity index (χ1) is 15.4. The van der Waals surface area contributed by atoms with E-state index in [0.29, 0.717) is 18.0 Å². The van der Waals surface area contributed by atoms with Crippen LogP contribution in [0.4, 0.5) is 11.4 Å². The molecule has 0 fully saturated rings. The Hall–Kier alpha value is -3.32. The fraction of sp³-hybridized carbons (Fsp3) is 0.360. The van der Waals surface area contributed by atoms with Gasteiger partial charge in [0, 0.05) is 35.6 Å². The van der Waals surface area contributed by atoms with Gasteiger partial charge in [-0.1, -0.05) is 32.9 Å². The highest BCUT2D eigenvalue weighted by atomic mass is 16.5. The van der Waals surface area contributed by atoms with Crippen molar-refractivity contribution in [2.24, 2.45) is 11.7 Å². The predicted molar refractivity (Wildman–Crippen MR) is 129 cm³/mol. The highest BCUT2D eigenvalue weighted by Crippen LogP contribution is 2.36. The van der Waals surface area contributed by atoms with Crippen molar-refractivity contribution in [3.63, 3.8) is 0 Å². The van der Waals surface area contributed by atoms with E-state index in [1.165, 1.54) is 0 Å². The number of benzene rings is 2. The molecular weight excluding hydrogens is 404 g/mol. The van der Waals surface area contributed by atoms with Crippen LogP contribution in [0, 0.1) is 5.92 Å². The van der Waals surface area contributed by atoms with E-state index in [-0.39, 0.29) is 11.8 Å². The number of carbonyl (C=O) groups is 1. The van der Waals surface area contributed by atoms with Crippen LogP contribution in [0.25, 0.3) is 10.9 Å². The highest BCUT2D eigenvalue weighted by Gasteiger charge is 2.18. The monoisotopic (exact) mass is 436 g/mol. The number of amides is 1. The molecule has 0 bridgehead atoms. The lowest BCUT2D eigenvalue weighted by Crippen LogP contribution is -2.43. The third-order valence-electron chi connectivity index (χ3n) is 5.62. The Morgan fingerprint density at radius 3 is 2.47 bits per heavy atom. The molecule has 4 N–H and O–H groups in total. The smallest absolute Gasteiger partial charge is 0.237 e. The molecule has 3 rings (SSSR count). The normalized spacial score (nSPS) is 12.0. The van der Waals surface area contributed by atoms with Crippen LogP contribution < -0.4 is 25.8 Å². The molecule has 0 radical (unpaired) electrons. The Morgan fingerprint density at radius 2 is 1.81 bits per heavy atom. The highest BCUT2D eigenvalue weighted by molar-refractivity contribution is 5.95. The van der Waals surface area contributed by atoms with Gasteiger partial charge in [0.05, 0.1) is 25.8 Å². The van der Waals surface area contributed by atoms with Gasteiger partial charge in [0.25, 0.3) is 0 Å². The lowest BCUT2D eigenvalue weighted by molar-refractivity contribution is -0.123. The Bertz CT molecular complexity index is 1100. The van der Waals surface area contributed by atoms with Gasteiger partial charge in [-0.3, -0.25) is 9.78 Å². The molecule has 1 heterocycles. The van der Waals surface area contributed by atoms with Crippen LogP contribution in [0.1, 0.15) is 31.9 Å². The summed E-state index contributed by atoms with van der Waals surface area (Å²) >= 11 is 0. The minimum absolute atomic E-state index is 0.0873. The zero-order chi connectivity index (χ0) is 23.3. The Kier molecular flexibility index (Phi) is 7.53. The van der Waals surface area contributed by atoms with E-state index in [1.807, 2.05) is 50.2 Å². The van der Waals surface area contributed by atoms with Gasteiger partial charge in [-0.25, -0.2) is 0 Å². The minimum atomic E-state index is -0.517. The maximum atomic E-state index is 12.3. The SMILES string of the molecule is CCc1c(CNC(=O)[C@@H](N)C(C)C)cccc1Nc1ccnc2cc(OC)c(OC)cc12. The summed E-state index contributed by atoms with van der Waals surface area (Å²) in [5, 5.41) is 7.45. The molecule has 1 amide bonds. The van der Waals surface area contributed by atoms with Crippen LogP contribution >= 0.6 is 0 Å². The second-order valence-corrected chi connectivity index (χ2v) is 7.99. The van der Waals surface area contributed by atoms with E-state index in [0.717, 1.165) is 39.8 Å². The second kappa shape index (κ2) is 10.3. The molecule has 0 aliphatic carbocycles. The number of ether oxygens (including phenoxy) is 2. The van der Waals surface area contributed by atoms with Gasteiger partial charge >= 0.3 is 0 Å². The van der Waals surface area contributed by atoms with Crippen LogP contribution in [0.15, 0.2) is 42.6 Å². The average Bonchev–Trinajstić information content (AvgIpc) is 2.81. The van der Waals surface area contributed by atoms with Gasteiger partial charge in [-0.15, -0.1) is 0 Å². The fourth-order valence-electron chi connectivity index (χ4n) is 3.66. The van der Waals surface area contributed by atoms with Gasteiger partial charge in [0.2, 0.25) is 5.91 Å². The number of nitrogens with zero attached hydrogens (tertiary/aromatic N) is 1. The topological polar surface area (TPSA) is 98.5 Å². The van der Waals surface area contributed by atoms with Crippen molar-refractivity contribution >= 4 is 28.2 Å². The third-order valence-corrected chi connectivity index (χ3v) is 5.62. The number of hydrogen-bond acceptors (Lipinski definition) is 6. The average molecular weight is 437 g/mol. The lowest BCUT2D eigenvalue weighted by atomic mass is 10.0. The van der Waals surface area contributed by atoms with Crippen molar-refractivity contribution in [2.75, 3.05) is 19.5 Å².